The largest absolute Gasteiger partial charge is 0.309 e. The molecule has 0 saturated heterocycles. The second-order valence-corrected chi connectivity index (χ2v) is 5.52. The summed E-state index contributed by atoms with van der Waals surface area (Å²) in [7, 11) is 0. The first kappa shape index (κ1) is 14.2. The van der Waals surface area contributed by atoms with E-state index in [4.69, 9.17) is 40.1 Å². The molecule has 104 valence electrons. The average Bonchev–Trinajstić information content (AvgIpc) is 2.76. The first-order chi connectivity index (χ1) is 10.1. The number of fused-ring (bicyclic) bond motifs is 1. The average molecular weight is 338 g/mol. The molecular formula is C14H7Cl3N4. The van der Waals surface area contributed by atoms with Crippen LogP contribution in [0.5, 0.6) is 0 Å². The van der Waals surface area contributed by atoms with Crippen LogP contribution in [0.15, 0.2) is 30.5 Å². The fraction of sp³-hybridized carbons (Fsp3) is 0.0714. The molecule has 0 aliphatic carbocycles. The van der Waals surface area contributed by atoms with Crippen molar-refractivity contribution in [2.45, 2.75) is 6.54 Å². The first-order valence-electron chi connectivity index (χ1n) is 5.94. The standard InChI is InChI=1S/C14H7Cl3N4/c15-10-3-12-13(4-11(10)16)21(14(17)20-12)7-9-2-1-8(5-18)6-19-9/h1-4,6H,7H2. The van der Waals surface area contributed by atoms with Crippen molar-refractivity contribution in [1.29, 1.82) is 5.26 Å². The Morgan fingerprint density at radius 1 is 1.14 bits per heavy atom. The van der Waals surface area contributed by atoms with Crippen LogP contribution in [-0.4, -0.2) is 14.5 Å². The van der Waals surface area contributed by atoms with Crippen molar-refractivity contribution in [1.82, 2.24) is 14.5 Å². The van der Waals surface area contributed by atoms with E-state index in [0.29, 0.717) is 33.0 Å². The van der Waals surface area contributed by atoms with Gasteiger partial charge in [-0.05, 0) is 35.9 Å². The fourth-order valence-corrected chi connectivity index (χ4v) is 2.54. The maximum absolute atomic E-state index is 8.77. The Kier molecular flexibility index (Phi) is 3.73. The van der Waals surface area contributed by atoms with E-state index in [1.54, 1.807) is 28.8 Å². The summed E-state index contributed by atoms with van der Waals surface area (Å²) < 4.78 is 1.79. The van der Waals surface area contributed by atoms with E-state index in [2.05, 4.69) is 9.97 Å². The van der Waals surface area contributed by atoms with Gasteiger partial charge in [0.05, 0.1) is 38.9 Å². The molecule has 0 aliphatic rings. The zero-order valence-corrected chi connectivity index (χ0v) is 12.8. The van der Waals surface area contributed by atoms with Crippen molar-refractivity contribution in [2.75, 3.05) is 0 Å². The van der Waals surface area contributed by atoms with Crippen LogP contribution >= 0.6 is 34.8 Å². The molecule has 2 aromatic heterocycles. The van der Waals surface area contributed by atoms with Crippen LogP contribution in [0.2, 0.25) is 15.3 Å². The van der Waals surface area contributed by atoms with Crippen molar-refractivity contribution in [3.8, 4) is 6.07 Å². The minimum Gasteiger partial charge on any atom is -0.309 e. The first-order valence-corrected chi connectivity index (χ1v) is 7.07. The lowest BCUT2D eigenvalue weighted by Crippen LogP contribution is -2.02. The monoisotopic (exact) mass is 336 g/mol. The van der Waals surface area contributed by atoms with Crippen LogP contribution in [-0.2, 0) is 6.54 Å². The summed E-state index contributed by atoms with van der Waals surface area (Å²) in [5.41, 5.74) is 2.72. The van der Waals surface area contributed by atoms with Gasteiger partial charge in [-0.25, -0.2) is 4.98 Å². The Balaban J connectivity index is 2.05. The molecular weight excluding hydrogens is 331 g/mol. The Hall–Kier alpha value is -1.80. The van der Waals surface area contributed by atoms with Crippen molar-refractivity contribution < 1.29 is 0 Å². The molecule has 0 bridgehead atoms. The number of hydrogen-bond donors (Lipinski definition) is 0. The molecule has 3 aromatic rings. The van der Waals surface area contributed by atoms with Gasteiger partial charge < -0.3 is 4.57 Å². The topological polar surface area (TPSA) is 54.5 Å². The van der Waals surface area contributed by atoms with E-state index in [1.807, 2.05) is 6.07 Å². The number of hydrogen-bond acceptors (Lipinski definition) is 3. The van der Waals surface area contributed by atoms with Crippen LogP contribution in [0.1, 0.15) is 11.3 Å². The third-order valence-electron chi connectivity index (χ3n) is 3.02. The summed E-state index contributed by atoms with van der Waals surface area (Å²) in [6.45, 7) is 0.430. The molecule has 0 amide bonds. The minimum atomic E-state index is 0.328. The molecule has 1 aromatic carbocycles. The van der Waals surface area contributed by atoms with Gasteiger partial charge in [0.2, 0.25) is 5.28 Å². The number of halogens is 3. The van der Waals surface area contributed by atoms with Gasteiger partial charge >= 0.3 is 0 Å². The fourth-order valence-electron chi connectivity index (χ4n) is 1.99. The Bertz CT molecular complexity index is 863. The molecule has 4 nitrogen and oxygen atoms in total. The van der Waals surface area contributed by atoms with E-state index < -0.39 is 0 Å². The van der Waals surface area contributed by atoms with Gasteiger partial charge in [0.15, 0.2) is 0 Å². The number of imidazole rings is 1. The maximum atomic E-state index is 8.77. The van der Waals surface area contributed by atoms with Crippen molar-refractivity contribution in [3.05, 3.63) is 57.0 Å². The molecule has 0 unspecified atom stereocenters. The van der Waals surface area contributed by atoms with Crippen LogP contribution in [0.3, 0.4) is 0 Å². The predicted octanol–water partition coefficient (Wildman–Crippen LogP) is 4.31. The molecule has 0 spiro atoms. The number of nitriles is 1. The third-order valence-corrected chi connectivity index (χ3v) is 4.03. The van der Waals surface area contributed by atoms with Gasteiger partial charge in [0, 0.05) is 6.20 Å². The lowest BCUT2D eigenvalue weighted by Gasteiger charge is -2.06. The maximum Gasteiger partial charge on any atom is 0.204 e. The molecule has 0 atom stereocenters. The zero-order chi connectivity index (χ0) is 15.0. The van der Waals surface area contributed by atoms with Crippen molar-refractivity contribution in [3.63, 3.8) is 0 Å². The summed E-state index contributed by atoms with van der Waals surface area (Å²) in [6.07, 6.45) is 1.52. The van der Waals surface area contributed by atoms with Gasteiger partial charge in [-0.15, -0.1) is 0 Å². The van der Waals surface area contributed by atoms with Crippen LogP contribution in [0.25, 0.3) is 11.0 Å². The molecule has 21 heavy (non-hydrogen) atoms. The van der Waals surface area contributed by atoms with Crippen molar-refractivity contribution in [2.24, 2.45) is 0 Å². The molecule has 0 aliphatic heterocycles. The van der Waals surface area contributed by atoms with E-state index in [0.717, 1.165) is 11.2 Å². The normalized spacial score (nSPS) is 10.8. The lowest BCUT2D eigenvalue weighted by molar-refractivity contribution is 0.798. The smallest absolute Gasteiger partial charge is 0.204 e. The summed E-state index contributed by atoms with van der Waals surface area (Å²) in [5, 5.41) is 9.97. The summed E-state index contributed by atoms with van der Waals surface area (Å²) in [6, 6.07) is 8.91. The van der Waals surface area contributed by atoms with E-state index in [1.165, 1.54) is 6.20 Å². The second-order valence-electron chi connectivity index (χ2n) is 4.37. The molecule has 7 heteroatoms. The second kappa shape index (κ2) is 5.53. The quantitative estimate of drug-likeness (QED) is 0.700. The minimum absolute atomic E-state index is 0.328. The van der Waals surface area contributed by atoms with Gasteiger partial charge in [-0.1, -0.05) is 23.2 Å². The number of benzene rings is 1. The Morgan fingerprint density at radius 2 is 1.90 bits per heavy atom. The number of aromatic nitrogens is 3. The Morgan fingerprint density at radius 3 is 2.57 bits per heavy atom. The SMILES string of the molecule is N#Cc1ccc(Cn2c(Cl)nc3cc(Cl)c(Cl)cc32)nc1. The van der Waals surface area contributed by atoms with Crippen LogP contribution in [0, 0.1) is 11.3 Å². The van der Waals surface area contributed by atoms with Crippen LogP contribution in [0.4, 0.5) is 0 Å². The van der Waals surface area contributed by atoms with Crippen LogP contribution < -0.4 is 0 Å². The highest BCUT2D eigenvalue weighted by Crippen LogP contribution is 2.29. The molecule has 0 radical (unpaired) electrons. The number of nitrogens with zero attached hydrogens (tertiary/aromatic N) is 4. The highest BCUT2D eigenvalue weighted by molar-refractivity contribution is 6.42. The summed E-state index contributed by atoms with van der Waals surface area (Å²) in [5.74, 6) is 0. The summed E-state index contributed by atoms with van der Waals surface area (Å²) in [4.78, 5) is 8.47. The lowest BCUT2D eigenvalue weighted by atomic mass is 10.2. The predicted molar refractivity (Wildman–Crippen MR) is 82.8 cm³/mol. The van der Waals surface area contributed by atoms with Crippen molar-refractivity contribution >= 4 is 45.8 Å². The zero-order valence-electron chi connectivity index (χ0n) is 10.5. The third kappa shape index (κ3) is 2.68. The highest BCUT2D eigenvalue weighted by Gasteiger charge is 2.12. The van der Waals surface area contributed by atoms with E-state index in [-0.39, 0.29) is 0 Å². The molecule has 3 rings (SSSR count). The van der Waals surface area contributed by atoms with Gasteiger partial charge in [-0.3, -0.25) is 4.98 Å². The highest BCUT2D eigenvalue weighted by atomic mass is 35.5. The van der Waals surface area contributed by atoms with E-state index in [9.17, 15) is 0 Å². The number of rotatable bonds is 2. The van der Waals surface area contributed by atoms with Gasteiger partial charge in [0.1, 0.15) is 6.07 Å². The van der Waals surface area contributed by atoms with Gasteiger partial charge in [0.25, 0.3) is 0 Å². The molecule has 2 heterocycles. The molecule has 0 fully saturated rings. The van der Waals surface area contributed by atoms with E-state index >= 15 is 0 Å². The Labute approximate surface area is 135 Å². The molecule has 0 saturated carbocycles. The van der Waals surface area contributed by atoms with Gasteiger partial charge in [-0.2, -0.15) is 5.26 Å². The summed E-state index contributed by atoms with van der Waals surface area (Å²) >= 11 is 18.2. The molecule has 0 N–H and O–H groups in total. The number of pyridine rings is 1.